The summed E-state index contributed by atoms with van der Waals surface area (Å²) in [5.41, 5.74) is 6.60. The molecular formula is C11H21NOS. The molecule has 0 amide bonds. The molecule has 0 aromatic heterocycles. The zero-order valence-corrected chi connectivity index (χ0v) is 9.65. The Hall–Kier alpha value is 0.270. The van der Waals surface area contributed by atoms with Crippen LogP contribution in [0.25, 0.3) is 0 Å². The van der Waals surface area contributed by atoms with Gasteiger partial charge >= 0.3 is 0 Å². The first-order valence-corrected chi connectivity index (χ1v) is 6.88. The molecular weight excluding hydrogens is 194 g/mol. The smallest absolute Gasteiger partial charge is 0.0468 e. The first-order valence-electron chi connectivity index (χ1n) is 5.73. The fourth-order valence-corrected chi connectivity index (χ4v) is 3.81. The van der Waals surface area contributed by atoms with Crippen molar-refractivity contribution in [3.63, 3.8) is 0 Å². The summed E-state index contributed by atoms with van der Waals surface area (Å²) in [6.45, 7) is 1.91. The van der Waals surface area contributed by atoms with E-state index in [1.807, 2.05) is 0 Å². The van der Waals surface area contributed by atoms with Gasteiger partial charge in [0, 0.05) is 18.8 Å². The van der Waals surface area contributed by atoms with Gasteiger partial charge in [-0.2, -0.15) is 11.8 Å². The predicted octanol–water partition coefficient (Wildman–Crippen LogP) is 2.03. The standard InChI is InChI=1S/C11H21NOS/c12-11(3-7-14-8-4-11)9-10-1-5-13-6-2-10/h10H,1-9,12H2. The van der Waals surface area contributed by atoms with Gasteiger partial charge in [0.15, 0.2) is 0 Å². The van der Waals surface area contributed by atoms with Crippen molar-refractivity contribution >= 4 is 11.8 Å². The molecule has 2 aliphatic rings. The molecule has 2 aliphatic heterocycles. The lowest BCUT2D eigenvalue weighted by molar-refractivity contribution is 0.0553. The van der Waals surface area contributed by atoms with Crippen LogP contribution in [0.2, 0.25) is 0 Å². The highest BCUT2D eigenvalue weighted by Gasteiger charge is 2.31. The number of hydrogen-bond donors (Lipinski definition) is 1. The third-order valence-electron chi connectivity index (χ3n) is 3.52. The maximum Gasteiger partial charge on any atom is 0.0468 e. The van der Waals surface area contributed by atoms with Gasteiger partial charge in [-0.1, -0.05) is 0 Å². The molecule has 0 unspecified atom stereocenters. The summed E-state index contributed by atoms with van der Waals surface area (Å²) in [6.07, 6.45) is 6.12. The van der Waals surface area contributed by atoms with E-state index < -0.39 is 0 Å². The van der Waals surface area contributed by atoms with Crippen molar-refractivity contribution in [3.05, 3.63) is 0 Å². The number of rotatable bonds is 2. The van der Waals surface area contributed by atoms with E-state index in [4.69, 9.17) is 10.5 Å². The fraction of sp³-hybridized carbons (Fsp3) is 1.00. The third kappa shape index (κ3) is 2.88. The highest BCUT2D eigenvalue weighted by molar-refractivity contribution is 7.99. The van der Waals surface area contributed by atoms with Gasteiger partial charge in [-0.05, 0) is 49.5 Å². The van der Waals surface area contributed by atoms with Crippen LogP contribution < -0.4 is 5.73 Å². The molecule has 2 N–H and O–H groups in total. The van der Waals surface area contributed by atoms with Crippen LogP contribution in [0.3, 0.4) is 0 Å². The largest absolute Gasteiger partial charge is 0.381 e. The summed E-state index contributed by atoms with van der Waals surface area (Å²) in [7, 11) is 0. The van der Waals surface area contributed by atoms with E-state index in [2.05, 4.69) is 11.8 Å². The van der Waals surface area contributed by atoms with Crippen molar-refractivity contribution in [2.24, 2.45) is 11.7 Å². The molecule has 82 valence electrons. The van der Waals surface area contributed by atoms with Crippen molar-refractivity contribution in [3.8, 4) is 0 Å². The summed E-state index contributed by atoms with van der Waals surface area (Å²) < 4.78 is 5.38. The number of ether oxygens (including phenoxy) is 1. The minimum absolute atomic E-state index is 0.160. The molecule has 0 aromatic rings. The van der Waals surface area contributed by atoms with Crippen molar-refractivity contribution < 1.29 is 4.74 Å². The van der Waals surface area contributed by atoms with Crippen LogP contribution in [0.1, 0.15) is 32.1 Å². The second-order valence-corrected chi connectivity index (χ2v) is 5.96. The summed E-state index contributed by atoms with van der Waals surface area (Å²) in [5.74, 6) is 3.36. The van der Waals surface area contributed by atoms with Crippen LogP contribution in [0.5, 0.6) is 0 Å². The molecule has 0 atom stereocenters. The minimum Gasteiger partial charge on any atom is -0.381 e. The van der Waals surface area contributed by atoms with Gasteiger partial charge in [0.1, 0.15) is 0 Å². The Labute approximate surface area is 91.0 Å². The van der Waals surface area contributed by atoms with E-state index >= 15 is 0 Å². The lowest BCUT2D eigenvalue weighted by Crippen LogP contribution is -2.45. The van der Waals surface area contributed by atoms with E-state index in [0.717, 1.165) is 19.1 Å². The highest BCUT2D eigenvalue weighted by atomic mass is 32.2. The average Bonchev–Trinajstić information content (AvgIpc) is 2.19. The zero-order chi connectivity index (χ0) is 9.86. The van der Waals surface area contributed by atoms with E-state index in [-0.39, 0.29) is 5.54 Å². The Kier molecular flexibility index (Phi) is 3.74. The SMILES string of the molecule is NC1(CC2CCOCC2)CCSCC1. The molecule has 14 heavy (non-hydrogen) atoms. The average molecular weight is 215 g/mol. The van der Waals surface area contributed by atoms with Crippen LogP contribution in [-0.4, -0.2) is 30.3 Å². The lowest BCUT2D eigenvalue weighted by atomic mass is 9.80. The molecule has 2 fully saturated rings. The summed E-state index contributed by atoms with van der Waals surface area (Å²) >= 11 is 2.05. The molecule has 0 bridgehead atoms. The third-order valence-corrected chi connectivity index (χ3v) is 4.51. The normalized spacial score (nSPS) is 28.9. The molecule has 2 rings (SSSR count). The molecule has 0 aliphatic carbocycles. The van der Waals surface area contributed by atoms with E-state index in [1.54, 1.807) is 0 Å². The van der Waals surface area contributed by atoms with Gasteiger partial charge in [0.25, 0.3) is 0 Å². The summed E-state index contributed by atoms with van der Waals surface area (Å²) in [5, 5.41) is 0. The fourth-order valence-electron chi connectivity index (χ4n) is 2.51. The van der Waals surface area contributed by atoms with Crippen LogP contribution in [-0.2, 0) is 4.74 Å². The molecule has 0 aromatic carbocycles. The van der Waals surface area contributed by atoms with Crippen LogP contribution in [0.4, 0.5) is 0 Å². The number of thioether (sulfide) groups is 1. The zero-order valence-electron chi connectivity index (χ0n) is 8.84. The summed E-state index contributed by atoms with van der Waals surface area (Å²) in [6, 6.07) is 0. The molecule has 2 heterocycles. The quantitative estimate of drug-likeness (QED) is 0.765. The van der Waals surface area contributed by atoms with Gasteiger partial charge in [-0.15, -0.1) is 0 Å². The Bertz CT molecular complexity index is 174. The number of hydrogen-bond acceptors (Lipinski definition) is 3. The van der Waals surface area contributed by atoms with Crippen molar-refractivity contribution in [2.75, 3.05) is 24.7 Å². The topological polar surface area (TPSA) is 35.2 Å². The van der Waals surface area contributed by atoms with Crippen molar-refractivity contribution in [1.82, 2.24) is 0 Å². The Morgan fingerprint density at radius 2 is 1.86 bits per heavy atom. The molecule has 0 spiro atoms. The molecule has 0 saturated carbocycles. The first kappa shape index (κ1) is 10.8. The summed E-state index contributed by atoms with van der Waals surface area (Å²) in [4.78, 5) is 0. The van der Waals surface area contributed by atoms with Crippen LogP contribution >= 0.6 is 11.8 Å². The van der Waals surface area contributed by atoms with Crippen LogP contribution in [0, 0.1) is 5.92 Å². The maximum absolute atomic E-state index is 6.44. The first-order chi connectivity index (χ1) is 6.79. The highest BCUT2D eigenvalue weighted by Crippen LogP contribution is 2.33. The molecule has 3 heteroatoms. The van der Waals surface area contributed by atoms with Gasteiger partial charge < -0.3 is 10.5 Å². The lowest BCUT2D eigenvalue weighted by Gasteiger charge is -2.37. The molecule has 2 saturated heterocycles. The Morgan fingerprint density at radius 3 is 2.50 bits per heavy atom. The predicted molar refractivity (Wildman–Crippen MR) is 61.6 cm³/mol. The van der Waals surface area contributed by atoms with E-state index in [1.165, 1.54) is 43.6 Å². The van der Waals surface area contributed by atoms with E-state index in [9.17, 15) is 0 Å². The Morgan fingerprint density at radius 1 is 1.21 bits per heavy atom. The second kappa shape index (κ2) is 4.86. The molecule has 0 radical (unpaired) electrons. The van der Waals surface area contributed by atoms with Gasteiger partial charge in [-0.25, -0.2) is 0 Å². The van der Waals surface area contributed by atoms with E-state index in [0.29, 0.717) is 0 Å². The van der Waals surface area contributed by atoms with Gasteiger partial charge in [0.2, 0.25) is 0 Å². The monoisotopic (exact) mass is 215 g/mol. The van der Waals surface area contributed by atoms with Gasteiger partial charge in [-0.3, -0.25) is 0 Å². The molecule has 2 nitrogen and oxygen atoms in total. The van der Waals surface area contributed by atoms with Crippen LogP contribution in [0.15, 0.2) is 0 Å². The van der Waals surface area contributed by atoms with Crippen molar-refractivity contribution in [2.45, 2.75) is 37.6 Å². The minimum atomic E-state index is 0.160. The number of nitrogens with two attached hydrogens (primary N) is 1. The maximum atomic E-state index is 6.44. The van der Waals surface area contributed by atoms with Crippen molar-refractivity contribution in [1.29, 1.82) is 0 Å². The Balaban J connectivity index is 1.81. The second-order valence-electron chi connectivity index (χ2n) is 4.73. The van der Waals surface area contributed by atoms with Gasteiger partial charge in [0.05, 0.1) is 0 Å².